The number of hydrogen-bond acceptors (Lipinski definition) is 8. The summed E-state index contributed by atoms with van der Waals surface area (Å²) < 4.78 is 6.16. The molecule has 1 unspecified atom stereocenters. The topological polar surface area (TPSA) is 121 Å². The minimum atomic E-state index is -0.788. The van der Waals surface area contributed by atoms with Crippen molar-refractivity contribution in [2.24, 2.45) is 0 Å². The number of thioether (sulfide) groups is 2. The average Bonchev–Trinajstić information content (AvgIpc) is 3.03. The molecule has 3 heterocycles. The molecule has 0 bridgehead atoms. The van der Waals surface area contributed by atoms with E-state index >= 15 is 0 Å². The van der Waals surface area contributed by atoms with Gasteiger partial charge in [-0.15, -0.1) is 11.8 Å². The first-order valence-corrected chi connectivity index (χ1v) is 15.4. The molecule has 0 radical (unpaired) electrons. The lowest BCUT2D eigenvalue weighted by Crippen LogP contribution is -2.70. The average molecular weight is 611 g/mol. The first kappa shape index (κ1) is 28.5. The molecule has 216 valence electrons. The van der Waals surface area contributed by atoms with Crippen LogP contribution in [0, 0.1) is 0 Å². The maximum atomic E-state index is 14.1. The Morgan fingerprint density at radius 2 is 1.58 bits per heavy atom. The second-order valence-electron chi connectivity index (χ2n) is 9.84. The minimum Gasteiger partial charge on any atom is -0.448 e. The second-order valence-corrected chi connectivity index (χ2v) is 12.0. The van der Waals surface area contributed by atoms with Gasteiger partial charge >= 0.3 is 5.97 Å². The normalized spacial score (nSPS) is 17.7. The lowest BCUT2D eigenvalue weighted by Gasteiger charge is -2.49. The van der Waals surface area contributed by atoms with E-state index in [1.807, 2.05) is 91.0 Å². The SMILES string of the molecule is O=C(Cc1ccccc1)NC1C(=O)N2C(C(=O)OC(c3ccccc3)c3ccccc3)=C(Sc3nccc(=O)[nH]3)CS[C@H]12. The van der Waals surface area contributed by atoms with Crippen LogP contribution in [0.1, 0.15) is 22.8 Å². The van der Waals surface area contributed by atoms with Gasteiger partial charge in [0.15, 0.2) is 11.3 Å². The minimum absolute atomic E-state index is 0.0793. The van der Waals surface area contributed by atoms with Crippen LogP contribution in [-0.2, 0) is 25.5 Å². The highest BCUT2D eigenvalue weighted by Gasteiger charge is 2.55. The summed E-state index contributed by atoms with van der Waals surface area (Å²) in [5.41, 5.74) is 2.12. The Kier molecular flexibility index (Phi) is 8.43. The number of nitrogens with one attached hydrogen (secondary N) is 2. The van der Waals surface area contributed by atoms with Crippen molar-refractivity contribution in [3.05, 3.63) is 141 Å². The molecular weight excluding hydrogens is 585 g/mol. The van der Waals surface area contributed by atoms with Gasteiger partial charge in [0.05, 0.1) is 6.42 Å². The maximum Gasteiger partial charge on any atom is 0.356 e. The number of nitrogens with zero attached hydrogens (tertiary/aromatic N) is 2. The summed E-state index contributed by atoms with van der Waals surface area (Å²) in [5, 5.41) is 2.64. The van der Waals surface area contributed by atoms with Crippen LogP contribution in [0.2, 0.25) is 0 Å². The van der Waals surface area contributed by atoms with Crippen LogP contribution >= 0.6 is 23.5 Å². The first-order valence-electron chi connectivity index (χ1n) is 13.5. The number of H-pyrrole nitrogens is 1. The molecule has 6 rings (SSSR count). The summed E-state index contributed by atoms with van der Waals surface area (Å²) in [6.07, 6.45) is 0.789. The van der Waals surface area contributed by atoms with E-state index < -0.39 is 29.4 Å². The van der Waals surface area contributed by atoms with Gasteiger partial charge < -0.3 is 15.0 Å². The summed E-state index contributed by atoms with van der Waals surface area (Å²) >= 11 is 2.52. The Hall–Kier alpha value is -4.61. The van der Waals surface area contributed by atoms with E-state index in [1.165, 1.54) is 28.9 Å². The van der Waals surface area contributed by atoms with E-state index in [2.05, 4.69) is 15.3 Å². The molecule has 3 aromatic carbocycles. The lowest BCUT2D eigenvalue weighted by molar-refractivity contribution is -0.154. The second kappa shape index (κ2) is 12.7. The van der Waals surface area contributed by atoms with Gasteiger partial charge in [0.25, 0.3) is 11.5 Å². The maximum absolute atomic E-state index is 14.1. The number of esters is 1. The van der Waals surface area contributed by atoms with Gasteiger partial charge in [0, 0.05) is 22.9 Å². The predicted molar refractivity (Wildman–Crippen MR) is 164 cm³/mol. The number of carbonyl (C=O) groups is 3. The number of benzene rings is 3. The quantitative estimate of drug-likeness (QED) is 0.166. The summed E-state index contributed by atoms with van der Waals surface area (Å²) in [6, 6.07) is 28.5. The van der Waals surface area contributed by atoms with E-state index in [9.17, 15) is 19.2 Å². The molecular formula is C32H26N4O5S2. The molecule has 2 aliphatic heterocycles. The number of carbonyl (C=O) groups excluding carboxylic acids is 3. The van der Waals surface area contributed by atoms with Crippen LogP contribution < -0.4 is 10.9 Å². The van der Waals surface area contributed by atoms with Gasteiger partial charge in [0.1, 0.15) is 17.1 Å². The molecule has 0 aliphatic carbocycles. The molecule has 2 aliphatic rings. The van der Waals surface area contributed by atoms with E-state index in [0.29, 0.717) is 10.7 Å². The third kappa shape index (κ3) is 6.27. The zero-order valence-corrected chi connectivity index (χ0v) is 24.3. The molecule has 1 saturated heterocycles. The summed E-state index contributed by atoms with van der Waals surface area (Å²) in [6.45, 7) is 0. The Bertz CT molecular complexity index is 1690. The fourth-order valence-electron chi connectivity index (χ4n) is 4.93. The van der Waals surface area contributed by atoms with Crippen molar-refractivity contribution in [3.8, 4) is 0 Å². The van der Waals surface area contributed by atoms with Gasteiger partial charge in [-0.25, -0.2) is 9.78 Å². The molecule has 0 saturated carbocycles. The number of ether oxygens (including phenoxy) is 1. The van der Waals surface area contributed by atoms with Crippen molar-refractivity contribution in [2.75, 3.05) is 5.75 Å². The predicted octanol–water partition coefficient (Wildman–Crippen LogP) is 4.05. The van der Waals surface area contributed by atoms with Crippen LogP contribution in [0.25, 0.3) is 0 Å². The van der Waals surface area contributed by atoms with E-state index in [-0.39, 0.29) is 28.7 Å². The number of aromatic amines is 1. The van der Waals surface area contributed by atoms with Crippen molar-refractivity contribution >= 4 is 41.3 Å². The van der Waals surface area contributed by atoms with Crippen molar-refractivity contribution in [3.63, 3.8) is 0 Å². The van der Waals surface area contributed by atoms with Crippen LogP contribution in [0.3, 0.4) is 0 Å². The third-order valence-electron chi connectivity index (χ3n) is 6.95. The molecule has 1 fully saturated rings. The fraction of sp³-hybridized carbons (Fsp3) is 0.156. The first-order chi connectivity index (χ1) is 21.0. The molecule has 2 amide bonds. The molecule has 1 aromatic heterocycles. The van der Waals surface area contributed by atoms with Crippen molar-refractivity contribution < 1.29 is 19.1 Å². The largest absolute Gasteiger partial charge is 0.448 e. The van der Waals surface area contributed by atoms with Crippen LogP contribution in [-0.4, -0.2) is 49.8 Å². The number of fused-ring (bicyclic) bond motifs is 1. The zero-order valence-electron chi connectivity index (χ0n) is 22.7. The lowest BCUT2D eigenvalue weighted by atomic mass is 10.0. The Labute approximate surface area is 255 Å². The summed E-state index contributed by atoms with van der Waals surface area (Å²) in [5.74, 6) is -1.04. The van der Waals surface area contributed by atoms with Crippen molar-refractivity contribution in [2.45, 2.75) is 29.1 Å². The third-order valence-corrected chi connectivity index (χ3v) is 9.40. The standard InChI is InChI=1S/C32H26N4O5S2/c37-24-16-17-33-32(35-24)43-23-19-42-30-26(34-25(38)18-20-10-4-1-5-11-20)29(39)36(30)27(23)31(40)41-28(21-12-6-2-7-13-21)22-14-8-3-9-15-22/h1-17,26,28,30H,18-19H2,(H,34,38)(H,33,35,37)/t26?,30-/m1/s1. The van der Waals surface area contributed by atoms with Gasteiger partial charge in [-0.3, -0.25) is 19.3 Å². The number of aromatic nitrogens is 2. The summed E-state index contributed by atoms with van der Waals surface area (Å²) in [7, 11) is 0. The van der Waals surface area contributed by atoms with Crippen LogP contribution in [0.4, 0.5) is 0 Å². The van der Waals surface area contributed by atoms with E-state index in [4.69, 9.17) is 4.74 Å². The molecule has 2 atom stereocenters. The van der Waals surface area contributed by atoms with Gasteiger partial charge in [0.2, 0.25) is 5.91 Å². The molecule has 0 spiro atoms. The van der Waals surface area contributed by atoms with E-state index in [1.54, 1.807) is 0 Å². The molecule has 4 aromatic rings. The monoisotopic (exact) mass is 610 g/mol. The highest BCUT2D eigenvalue weighted by Crippen LogP contribution is 2.45. The van der Waals surface area contributed by atoms with Crippen LogP contribution in [0.15, 0.2) is 124 Å². The number of β-lactam (4-membered cyclic amide) rings is 1. The van der Waals surface area contributed by atoms with Crippen LogP contribution in [0.5, 0.6) is 0 Å². The van der Waals surface area contributed by atoms with Gasteiger partial charge in [-0.1, -0.05) is 103 Å². The smallest absolute Gasteiger partial charge is 0.356 e. The molecule has 2 N–H and O–H groups in total. The Morgan fingerprint density at radius 1 is 0.953 bits per heavy atom. The number of rotatable bonds is 9. The number of hydrogen-bond donors (Lipinski definition) is 2. The van der Waals surface area contributed by atoms with Gasteiger partial charge in [-0.05, 0) is 16.7 Å². The number of amides is 2. The summed E-state index contributed by atoms with van der Waals surface area (Å²) in [4.78, 5) is 61.1. The molecule has 11 heteroatoms. The molecule has 9 nitrogen and oxygen atoms in total. The zero-order chi connectivity index (χ0) is 29.8. The molecule has 43 heavy (non-hydrogen) atoms. The fourth-order valence-corrected chi connectivity index (χ4v) is 7.34. The highest BCUT2D eigenvalue weighted by molar-refractivity contribution is 8.06. The Balaban J connectivity index is 1.30. The van der Waals surface area contributed by atoms with Crippen molar-refractivity contribution in [1.29, 1.82) is 0 Å². The van der Waals surface area contributed by atoms with Gasteiger partial charge in [-0.2, -0.15) is 0 Å². The highest BCUT2D eigenvalue weighted by atomic mass is 32.2. The van der Waals surface area contributed by atoms with Crippen molar-refractivity contribution in [1.82, 2.24) is 20.2 Å². The van der Waals surface area contributed by atoms with E-state index in [0.717, 1.165) is 28.5 Å². The Morgan fingerprint density at radius 3 is 2.21 bits per heavy atom.